The second-order valence-electron chi connectivity index (χ2n) is 5.87. The monoisotopic (exact) mass is 341 g/mol. The van der Waals surface area contributed by atoms with Crippen molar-refractivity contribution in [2.45, 2.75) is 52.0 Å². The van der Waals surface area contributed by atoms with Gasteiger partial charge in [-0.1, -0.05) is 0 Å². The first-order valence-electron chi connectivity index (χ1n) is 8.19. The number of carbonyl (C=O) groups is 1. The smallest absolute Gasteiger partial charge is 0.220 e. The van der Waals surface area contributed by atoms with Crippen LogP contribution in [-0.4, -0.2) is 30.6 Å². The van der Waals surface area contributed by atoms with Crippen LogP contribution in [0.1, 0.15) is 44.6 Å². The van der Waals surface area contributed by atoms with Crippen LogP contribution in [-0.2, 0) is 4.79 Å². The molecule has 0 aliphatic rings. The van der Waals surface area contributed by atoms with E-state index in [0.717, 1.165) is 37.0 Å². The molecule has 23 heavy (non-hydrogen) atoms. The molecule has 1 rings (SSSR count). The number of benzene rings is 1. The fourth-order valence-corrected chi connectivity index (χ4v) is 2.84. The van der Waals surface area contributed by atoms with E-state index in [1.165, 1.54) is 12.1 Å². The van der Waals surface area contributed by atoms with Crippen LogP contribution in [0.25, 0.3) is 0 Å². The van der Waals surface area contributed by atoms with Crippen LogP contribution in [0, 0.1) is 12.7 Å². The van der Waals surface area contributed by atoms with Crippen LogP contribution >= 0.6 is 11.8 Å². The summed E-state index contributed by atoms with van der Waals surface area (Å²) < 4.78 is 18.7. The van der Waals surface area contributed by atoms with Gasteiger partial charge in [0.2, 0.25) is 5.91 Å². The fourth-order valence-electron chi connectivity index (χ4n) is 2.25. The first-order valence-corrected chi connectivity index (χ1v) is 9.59. The van der Waals surface area contributed by atoms with Gasteiger partial charge in [0.1, 0.15) is 11.6 Å². The number of unbranched alkanes of at least 4 members (excludes halogenated alkanes) is 2. The molecule has 0 spiro atoms. The highest BCUT2D eigenvalue weighted by Gasteiger charge is 2.06. The van der Waals surface area contributed by atoms with E-state index in [9.17, 15) is 9.18 Å². The number of aryl methyl sites for hydroxylation is 1. The largest absolute Gasteiger partial charge is 0.493 e. The van der Waals surface area contributed by atoms with E-state index in [1.54, 1.807) is 11.8 Å². The molecule has 0 heterocycles. The Morgan fingerprint density at radius 1 is 1.30 bits per heavy atom. The maximum Gasteiger partial charge on any atom is 0.220 e. The highest BCUT2D eigenvalue weighted by atomic mass is 32.2. The predicted molar refractivity (Wildman–Crippen MR) is 95.7 cm³/mol. The van der Waals surface area contributed by atoms with E-state index < -0.39 is 0 Å². The molecule has 1 N–H and O–H groups in total. The Kier molecular flexibility index (Phi) is 9.76. The number of ether oxygens (including phenoxy) is 1. The highest BCUT2D eigenvalue weighted by molar-refractivity contribution is 7.98. The molecule has 0 saturated heterocycles. The minimum atomic E-state index is -0.271. The van der Waals surface area contributed by atoms with Gasteiger partial charge in [0.05, 0.1) is 6.61 Å². The molecule has 5 heteroatoms. The minimum Gasteiger partial charge on any atom is -0.493 e. The fraction of sp³-hybridized carbons (Fsp3) is 0.611. The molecule has 1 aromatic carbocycles. The Balaban J connectivity index is 2.07. The summed E-state index contributed by atoms with van der Waals surface area (Å²) >= 11 is 1.80. The predicted octanol–water partition coefficient (Wildman–Crippen LogP) is 4.33. The van der Waals surface area contributed by atoms with Crippen molar-refractivity contribution in [1.29, 1.82) is 0 Å². The molecule has 0 aromatic heterocycles. The zero-order valence-corrected chi connectivity index (χ0v) is 15.2. The molecule has 1 atom stereocenters. The average molecular weight is 341 g/mol. The van der Waals surface area contributed by atoms with Crippen LogP contribution < -0.4 is 10.1 Å². The quantitative estimate of drug-likeness (QED) is 0.609. The van der Waals surface area contributed by atoms with Crippen molar-refractivity contribution < 1.29 is 13.9 Å². The summed E-state index contributed by atoms with van der Waals surface area (Å²) in [5.74, 6) is 1.49. The normalized spacial score (nSPS) is 12.0. The summed E-state index contributed by atoms with van der Waals surface area (Å²) in [5.41, 5.74) is 0.854. The summed E-state index contributed by atoms with van der Waals surface area (Å²) in [5, 5.41) is 3.02. The van der Waals surface area contributed by atoms with E-state index >= 15 is 0 Å². The van der Waals surface area contributed by atoms with Gasteiger partial charge in [-0.25, -0.2) is 4.39 Å². The number of nitrogens with one attached hydrogen (secondary N) is 1. The molecule has 0 aliphatic carbocycles. The summed E-state index contributed by atoms with van der Waals surface area (Å²) in [6.07, 6.45) is 6.29. The maximum atomic E-state index is 13.2. The van der Waals surface area contributed by atoms with E-state index in [0.29, 0.717) is 18.8 Å². The molecule has 0 aliphatic heterocycles. The molecular weight excluding hydrogens is 313 g/mol. The Bertz CT molecular complexity index is 462. The van der Waals surface area contributed by atoms with Crippen LogP contribution in [0.15, 0.2) is 18.2 Å². The van der Waals surface area contributed by atoms with Crippen LogP contribution in [0.4, 0.5) is 4.39 Å². The van der Waals surface area contributed by atoms with Crippen molar-refractivity contribution >= 4 is 17.7 Å². The second-order valence-corrected chi connectivity index (χ2v) is 6.86. The molecular formula is C18H28FNO2S. The van der Waals surface area contributed by atoms with E-state index in [1.807, 2.05) is 19.9 Å². The van der Waals surface area contributed by atoms with Crippen LogP contribution in [0.5, 0.6) is 5.75 Å². The van der Waals surface area contributed by atoms with E-state index in [4.69, 9.17) is 4.74 Å². The molecule has 0 radical (unpaired) electrons. The van der Waals surface area contributed by atoms with Crippen molar-refractivity contribution in [2.24, 2.45) is 0 Å². The molecule has 0 bridgehead atoms. The Hall–Kier alpha value is -1.23. The first-order chi connectivity index (χ1) is 11.0. The standard InChI is InChI=1S/C18H28FNO2S/c1-14-11-16(19)13-17(12-14)22-9-6-4-5-7-18(21)20-15(2)8-10-23-3/h11-13,15H,4-10H2,1-3H3,(H,20,21). The van der Waals surface area contributed by atoms with Crippen molar-refractivity contribution in [3.63, 3.8) is 0 Å². The number of hydrogen-bond donors (Lipinski definition) is 1. The van der Waals surface area contributed by atoms with Crippen molar-refractivity contribution in [3.8, 4) is 5.75 Å². The zero-order valence-electron chi connectivity index (χ0n) is 14.4. The molecule has 1 amide bonds. The molecule has 1 unspecified atom stereocenters. The second kappa shape index (κ2) is 11.3. The van der Waals surface area contributed by atoms with E-state index in [2.05, 4.69) is 11.6 Å². The van der Waals surface area contributed by atoms with Gasteiger partial charge >= 0.3 is 0 Å². The lowest BCUT2D eigenvalue weighted by molar-refractivity contribution is -0.121. The summed E-state index contributed by atoms with van der Waals surface area (Å²) in [4.78, 5) is 11.8. The SMILES string of the molecule is CSCCC(C)NC(=O)CCCCCOc1cc(C)cc(F)c1. The summed E-state index contributed by atoms with van der Waals surface area (Å²) in [6.45, 7) is 4.44. The highest BCUT2D eigenvalue weighted by Crippen LogP contribution is 2.16. The molecule has 0 saturated carbocycles. The minimum absolute atomic E-state index is 0.125. The van der Waals surface area contributed by atoms with Crippen molar-refractivity contribution in [3.05, 3.63) is 29.6 Å². The topological polar surface area (TPSA) is 38.3 Å². The number of hydrogen-bond acceptors (Lipinski definition) is 3. The van der Waals surface area contributed by atoms with Crippen molar-refractivity contribution in [2.75, 3.05) is 18.6 Å². The lowest BCUT2D eigenvalue weighted by Gasteiger charge is -2.13. The lowest BCUT2D eigenvalue weighted by Crippen LogP contribution is -2.32. The third-order valence-corrected chi connectivity index (χ3v) is 4.14. The number of amides is 1. The van der Waals surface area contributed by atoms with Gasteiger partial charge in [-0.2, -0.15) is 11.8 Å². The molecule has 0 fully saturated rings. The third-order valence-electron chi connectivity index (χ3n) is 3.49. The van der Waals surface area contributed by atoms with E-state index in [-0.39, 0.29) is 17.8 Å². The van der Waals surface area contributed by atoms with Crippen LogP contribution in [0.3, 0.4) is 0 Å². The van der Waals surface area contributed by atoms with Crippen LogP contribution in [0.2, 0.25) is 0 Å². The Labute approximate surface area is 143 Å². The number of thioether (sulfide) groups is 1. The molecule has 130 valence electrons. The zero-order chi connectivity index (χ0) is 17.1. The van der Waals surface area contributed by atoms with Gasteiger partial charge in [0.25, 0.3) is 0 Å². The van der Waals surface area contributed by atoms with Gasteiger partial charge in [0.15, 0.2) is 0 Å². The van der Waals surface area contributed by atoms with Gasteiger partial charge in [0, 0.05) is 18.5 Å². The maximum absolute atomic E-state index is 13.2. The summed E-state index contributed by atoms with van der Waals surface area (Å²) in [7, 11) is 0. The van der Waals surface area contributed by atoms with Gasteiger partial charge in [-0.05, 0) is 69.2 Å². The number of halogens is 1. The number of rotatable bonds is 11. The van der Waals surface area contributed by atoms with Gasteiger partial charge in [-0.3, -0.25) is 4.79 Å². The lowest BCUT2D eigenvalue weighted by atomic mass is 10.1. The van der Waals surface area contributed by atoms with Gasteiger partial charge in [-0.15, -0.1) is 0 Å². The summed E-state index contributed by atoms with van der Waals surface area (Å²) in [6, 6.07) is 4.95. The molecule has 1 aromatic rings. The number of carbonyl (C=O) groups excluding carboxylic acids is 1. The van der Waals surface area contributed by atoms with Crippen molar-refractivity contribution in [1.82, 2.24) is 5.32 Å². The first kappa shape index (κ1) is 19.8. The van der Waals surface area contributed by atoms with Gasteiger partial charge < -0.3 is 10.1 Å². The Morgan fingerprint density at radius 2 is 2.09 bits per heavy atom. The third kappa shape index (κ3) is 9.49. The average Bonchev–Trinajstić information content (AvgIpc) is 2.47. The molecule has 3 nitrogen and oxygen atoms in total. The Morgan fingerprint density at radius 3 is 2.78 bits per heavy atom.